The third-order valence-corrected chi connectivity index (χ3v) is 5.14. The Morgan fingerprint density at radius 1 is 1.12 bits per heavy atom. The van der Waals surface area contributed by atoms with E-state index < -0.39 is 0 Å². The van der Waals surface area contributed by atoms with Crippen molar-refractivity contribution in [3.05, 3.63) is 12.2 Å². The molecule has 3 nitrogen and oxygen atoms in total. The molecule has 1 saturated carbocycles. The van der Waals surface area contributed by atoms with E-state index in [2.05, 4.69) is 23.8 Å². The molecule has 0 heterocycles. The van der Waals surface area contributed by atoms with Crippen molar-refractivity contribution in [1.82, 2.24) is 0 Å². The van der Waals surface area contributed by atoms with Crippen LogP contribution in [0.25, 0.3) is 0 Å². The molecule has 24 heavy (non-hydrogen) atoms. The lowest BCUT2D eigenvalue weighted by Crippen LogP contribution is -2.13. The molecule has 0 aromatic heterocycles. The smallest absolute Gasteiger partial charge is 0.305 e. The van der Waals surface area contributed by atoms with Crippen molar-refractivity contribution in [2.75, 3.05) is 7.11 Å². The van der Waals surface area contributed by atoms with Gasteiger partial charge in [0.25, 0.3) is 0 Å². The van der Waals surface area contributed by atoms with E-state index in [-0.39, 0.29) is 11.9 Å². The number of methoxy groups -OCH3 is 1. The fraction of sp³-hybridized carbons (Fsp3) is 0.810. The topological polar surface area (TPSA) is 43.4 Å². The molecule has 0 N–H and O–H groups in total. The zero-order valence-corrected chi connectivity index (χ0v) is 15.7. The molecule has 0 amide bonds. The molecule has 2 atom stereocenters. The van der Waals surface area contributed by atoms with Crippen molar-refractivity contribution < 1.29 is 14.3 Å². The van der Waals surface area contributed by atoms with E-state index in [9.17, 15) is 9.59 Å². The van der Waals surface area contributed by atoms with Crippen LogP contribution in [0.5, 0.6) is 0 Å². The third kappa shape index (κ3) is 8.65. The molecule has 0 aromatic rings. The van der Waals surface area contributed by atoms with Crippen molar-refractivity contribution in [2.45, 2.75) is 90.4 Å². The highest BCUT2D eigenvalue weighted by atomic mass is 16.5. The van der Waals surface area contributed by atoms with Crippen LogP contribution >= 0.6 is 0 Å². The zero-order chi connectivity index (χ0) is 17.6. The summed E-state index contributed by atoms with van der Waals surface area (Å²) in [5.41, 5.74) is 0. The van der Waals surface area contributed by atoms with E-state index in [1.807, 2.05) is 0 Å². The average Bonchev–Trinajstić information content (AvgIpc) is 2.94. The molecule has 0 aliphatic heterocycles. The predicted octanol–water partition coefficient (Wildman–Crippen LogP) is 5.62. The van der Waals surface area contributed by atoms with Gasteiger partial charge in [0, 0.05) is 18.8 Å². The van der Waals surface area contributed by atoms with Crippen molar-refractivity contribution in [3.8, 4) is 0 Å². The van der Waals surface area contributed by atoms with Crippen LogP contribution in [-0.2, 0) is 14.3 Å². The van der Waals surface area contributed by atoms with E-state index in [1.165, 1.54) is 32.8 Å². The highest BCUT2D eigenvalue weighted by Crippen LogP contribution is 2.34. The molecule has 138 valence electrons. The third-order valence-electron chi connectivity index (χ3n) is 5.14. The minimum Gasteiger partial charge on any atom is -0.469 e. The van der Waals surface area contributed by atoms with Crippen LogP contribution in [0.4, 0.5) is 0 Å². The lowest BCUT2D eigenvalue weighted by atomic mass is 9.89. The van der Waals surface area contributed by atoms with Crippen LogP contribution in [0.15, 0.2) is 12.2 Å². The van der Waals surface area contributed by atoms with Gasteiger partial charge in [0.15, 0.2) is 0 Å². The molecule has 1 fully saturated rings. The van der Waals surface area contributed by atoms with Gasteiger partial charge in [-0.2, -0.15) is 0 Å². The molecule has 0 bridgehead atoms. The van der Waals surface area contributed by atoms with Gasteiger partial charge in [0.05, 0.1) is 7.11 Å². The quantitative estimate of drug-likeness (QED) is 0.249. The summed E-state index contributed by atoms with van der Waals surface area (Å²) in [7, 11) is 1.44. The Morgan fingerprint density at radius 2 is 1.88 bits per heavy atom. The van der Waals surface area contributed by atoms with Gasteiger partial charge in [0.1, 0.15) is 5.78 Å². The van der Waals surface area contributed by atoms with Crippen LogP contribution < -0.4 is 0 Å². The number of ketones is 1. The Bertz CT molecular complexity index is 387. The highest BCUT2D eigenvalue weighted by Gasteiger charge is 2.31. The van der Waals surface area contributed by atoms with Gasteiger partial charge >= 0.3 is 5.97 Å². The normalized spacial score (nSPS) is 20.8. The summed E-state index contributed by atoms with van der Waals surface area (Å²) < 4.78 is 4.64. The number of hydrogen-bond acceptors (Lipinski definition) is 3. The molecule has 0 saturated heterocycles. The molecule has 1 rings (SSSR count). The minimum atomic E-state index is -0.120. The lowest BCUT2D eigenvalue weighted by molar-refractivity contribution is -0.140. The molecular formula is C21H36O3. The molecule has 0 aromatic carbocycles. The number of ether oxygens (including phenoxy) is 1. The summed E-state index contributed by atoms with van der Waals surface area (Å²) in [6, 6.07) is 0. The van der Waals surface area contributed by atoms with Gasteiger partial charge < -0.3 is 4.74 Å². The van der Waals surface area contributed by atoms with Crippen LogP contribution in [0, 0.1) is 11.8 Å². The Kier molecular flexibility index (Phi) is 11.5. The Balaban J connectivity index is 2.17. The van der Waals surface area contributed by atoms with E-state index in [0.29, 0.717) is 18.1 Å². The standard InChI is InChI=1S/C21H36O3/c1-3-4-5-6-7-10-13-18-16-17-20(22)19(18)14-11-8-9-12-15-21(23)24-2/h10,13,18-19H,3-9,11-12,14-17H2,1-2H3/t18-,19+/m0/s1. The van der Waals surface area contributed by atoms with Crippen molar-refractivity contribution in [2.24, 2.45) is 11.8 Å². The summed E-state index contributed by atoms with van der Waals surface area (Å²) in [6.45, 7) is 2.24. The first-order valence-electron chi connectivity index (χ1n) is 9.95. The number of carbonyl (C=O) groups is 2. The van der Waals surface area contributed by atoms with E-state index in [0.717, 1.165) is 51.4 Å². The highest BCUT2D eigenvalue weighted by molar-refractivity contribution is 5.83. The van der Waals surface area contributed by atoms with Gasteiger partial charge in [-0.3, -0.25) is 9.59 Å². The van der Waals surface area contributed by atoms with E-state index >= 15 is 0 Å². The Hall–Kier alpha value is -1.12. The molecule has 1 aliphatic rings. The minimum absolute atomic E-state index is 0.120. The van der Waals surface area contributed by atoms with Gasteiger partial charge in [-0.1, -0.05) is 57.6 Å². The monoisotopic (exact) mass is 336 g/mol. The molecule has 0 spiro atoms. The number of Topliss-reactive ketones (excluding diaryl/α,β-unsaturated/α-hetero) is 1. The zero-order valence-electron chi connectivity index (χ0n) is 15.7. The molecular weight excluding hydrogens is 300 g/mol. The Morgan fingerprint density at radius 3 is 2.62 bits per heavy atom. The first-order chi connectivity index (χ1) is 11.7. The van der Waals surface area contributed by atoms with Gasteiger partial charge in [0.2, 0.25) is 0 Å². The number of rotatable bonds is 13. The van der Waals surface area contributed by atoms with Gasteiger partial charge in [-0.05, 0) is 38.0 Å². The van der Waals surface area contributed by atoms with Crippen molar-refractivity contribution >= 4 is 11.8 Å². The largest absolute Gasteiger partial charge is 0.469 e. The summed E-state index contributed by atoms with van der Waals surface area (Å²) in [5.74, 6) is 1.06. The van der Waals surface area contributed by atoms with Crippen LogP contribution in [0.2, 0.25) is 0 Å². The maximum Gasteiger partial charge on any atom is 0.305 e. The molecule has 0 unspecified atom stereocenters. The number of unbranched alkanes of at least 4 members (excludes halogenated alkanes) is 7. The van der Waals surface area contributed by atoms with Crippen LogP contribution in [0.3, 0.4) is 0 Å². The molecule has 1 aliphatic carbocycles. The summed E-state index contributed by atoms with van der Waals surface area (Å²) in [6.07, 6.45) is 18.5. The number of carbonyl (C=O) groups excluding carboxylic acids is 2. The summed E-state index contributed by atoms with van der Waals surface area (Å²) in [5, 5.41) is 0. The number of hydrogen-bond donors (Lipinski definition) is 0. The molecule has 3 heteroatoms. The fourth-order valence-corrected chi connectivity index (χ4v) is 3.59. The SMILES string of the molecule is CCCCCCC=C[C@H]1CCC(=O)[C@@H]1CCCCCCC(=O)OC. The van der Waals surface area contributed by atoms with E-state index in [4.69, 9.17) is 0 Å². The first-order valence-corrected chi connectivity index (χ1v) is 9.95. The predicted molar refractivity (Wildman–Crippen MR) is 98.8 cm³/mol. The summed E-state index contributed by atoms with van der Waals surface area (Å²) >= 11 is 0. The summed E-state index contributed by atoms with van der Waals surface area (Å²) in [4.78, 5) is 23.2. The van der Waals surface area contributed by atoms with Crippen LogP contribution in [0.1, 0.15) is 90.4 Å². The second-order valence-electron chi connectivity index (χ2n) is 7.08. The van der Waals surface area contributed by atoms with Crippen LogP contribution in [-0.4, -0.2) is 18.9 Å². The number of esters is 1. The van der Waals surface area contributed by atoms with Gasteiger partial charge in [-0.25, -0.2) is 0 Å². The second-order valence-corrected chi connectivity index (χ2v) is 7.08. The maximum atomic E-state index is 12.1. The lowest BCUT2D eigenvalue weighted by Gasteiger charge is -2.14. The maximum absolute atomic E-state index is 12.1. The fourth-order valence-electron chi connectivity index (χ4n) is 3.59. The number of allylic oxidation sites excluding steroid dienone is 2. The van der Waals surface area contributed by atoms with Gasteiger partial charge in [-0.15, -0.1) is 0 Å². The van der Waals surface area contributed by atoms with Crippen molar-refractivity contribution in [3.63, 3.8) is 0 Å². The second kappa shape index (κ2) is 13.2. The Labute approximate surface area is 148 Å². The van der Waals surface area contributed by atoms with E-state index in [1.54, 1.807) is 0 Å². The average molecular weight is 337 g/mol. The first kappa shape index (κ1) is 20.9. The molecule has 0 radical (unpaired) electrons. The van der Waals surface area contributed by atoms with Crippen molar-refractivity contribution in [1.29, 1.82) is 0 Å².